The molecule has 9 nitrogen and oxygen atoms in total. The van der Waals surface area contributed by atoms with Gasteiger partial charge in [0.25, 0.3) is 11.6 Å². The first-order chi connectivity index (χ1) is 13.0. The van der Waals surface area contributed by atoms with Crippen LogP contribution >= 0.6 is 11.8 Å². The highest BCUT2D eigenvalue weighted by Gasteiger charge is 2.29. The van der Waals surface area contributed by atoms with Gasteiger partial charge in [-0.25, -0.2) is 0 Å². The minimum absolute atomic E-state index is 0.0704. The lowest BCUT2D eigenvalue weighted by Crippen LogP contribution is -2.20. The summed E-state index contributed by atoms with van der Waals surface area (Å²) in [5.41, 5.74) is -5.64. The van der Waals surface area contributed by atoms with Crippen molar-refractivity contribution in [3.8, 4) is 5.75 Å². The van der Waals surface area contributed by atoms with E-state index in [9.17, 15) is 38.2 Å². The highest BCUT2D eigenvalue weighted by molar-refractivity contribution is 8.00. The van der Waals surface area contributed by atoms with Crippen LogP contribution in [0.4, 0.5) is 30.2 Å². The molecule has 0 saturated heterocycles. The van der Waals surface area contributed by atoms with E-state index in [-0.39, 0.29) is 28.1 Å². The van der Waals surface area contributed by atoms with Gasteiger partial charge in [0.2, 0.25) is 0 Å². The summed E-state index contributed by atoms with van der Waals surface area (Å²) < 4.78 is 42.2. The summed E-state index contributed by atoms with van der Waals surface area (Å²) in [5, 5.41) is 24.0. The molecule has 0 aliphatic rings. The van der Waals surface area contributed by atoms with Crippen molar-refractivity contribution in [1.29, 1.82) is 0 Å². The Bertz CT molecular complexity index is 922. The van der Waals surface area contributed by atoms with E-state index in [1.165, 1.54) is 18.2 Å². The molecule has 1 N–H and O–H groups in total. The van der Waals surface area contributed by atoms with E-state index < -0.39 is 39.2 Å². The highest BCUT2D eigenvalue weighted by atomic mass is 32.2. The van der Waals surface area contributed by atoms with Crippen LogP contribution < -0.4 is 10.1 Å². The minimum Gasteiger partial charge on any atom is -0.477 e. The predicted octanol–water partition coefficient (Wildman–Crippen LogP) is 4.13. The maximum absolute atomic E-state index is 12.4. The van der Waals surface area contributed by atoms with Crippen molar-refractivity contribution in [2.24, 2.45) is 0 Å². The van der Waals surface area contributed by atoms with Crippen LogP contribution in [0.2, 0.25) is 0 Å². The topological polar surface area (TPSA) is 125 Å². The van der Waals surface area contributed by atoms with Crippen LogP contribution in [-0.4, -0.2) is 27.9 Å². The van der Waals surface area contributed by atoms with Gasteiger partial charge in [-0.15, -0.1) is 0 Å². The van der Waals surface area contributed by atoms with Crippen molar-refractivity contribution >= 4 is 34.7 Å². The van der Waals surface area contributed by atoms with Crippen LogP contribution in [0.3, 0.4) is 0 Å². The second-order valence-corrected chi connectivity index (χ2v) is 6.22. The Morgan fingerprint density at radius 2 is 1.82 bits per heavy atom. The highest BCUT2D eigenvalue weighted by Crippen LogP contribution is 2.37. The van der Waals surface area contributed by atoms with Crippen LogP contribution in [-0.2, 0) is 4.79 Å². The number of hydrogen-bond acceptors (Lipinski definition) is 7. The summed E-state index contributed by atoms with van der Waals surface area (Å²) in [6, 6.07) is 7.61. The molecule has 0 spiro atoms. The molecule has 0 aromatic heterocycles. The smallest absolute Gasteiger partial charge is 0.446 e. The van der Waals surface area contributed by atoms with Crippen LogP contribution in [0.15, 0.2) is 47.4 Å². The molecule has 0 atom stereocenters. The fraction of sp³-hybridized carbons (Fsp3) is 0.133. The molecule has 13 heteroatoms. The van der Waals surface area contributed by atoms with E-state index >= 15 is 0 Å². The van der Waals surface area contributed by atoms with Gasteiger partial charge in [-0.05, 0) is 36.0 Å². The number of nitro benzene ring substituents is 2. The van der Waals surface area contributed by atoms with Crippen LogP contribution in [0.1, 0.15) is 0 Å². The van der Waals surface area contributed by atoms with Crippen molar-refractivity contribution in [1.82, 2.24) is 0 Å². The van der Waals surface area contributed by atoms with E-state index in [1.807, 2.05) is 0 Å². The third-order valence-electron chi connectivity index (χ3n) is 3.06. The molecule has 2 aromatic carbocycles. The average Bonchev–Trinajstić information content (AvgIpc) is 2.58. The molecule has 0 aliphatic heterocycles. The van der Waals surface area contributed by atoms with Crippen molar-refractivity contribution in [3.05, 3.63) is 62.7 Å². The summed E-state index contributed by atoms with van der Waals surface area (Å²) in [6.07, 6.45) is 0. The van der Waals surface area contributed by atoms with Gasteiger partial charge in [-0.1, -0.05) is 6.07 Å². The largest absolute Gasteiger partial charge is 0.477 e. The molecule has 0 bridgehead atoms. The maximum Gasteiger partial charge on any atom is 0.446 e. The van der Waals surface area contributed by atoms with Gasteiger partial charge in [0.1, 0.15) is 0 Å². The van der Waals surface area contributed by atoms with Crippen molar-refractivity contribution in [2.45, 2.75) is 10.4 Å². The van der Waals surface area contributed by atoms with Crippen molar-refractivity contribution in [2.75, 3.05) is 11.9 Å². The molecule has 0 unspecified atom stereocenters. The normalized spacial score (nSPS) is 11.0. The van der Waals surface area contributed by atoms with E-state index in [0.29, 0.717) is 6.07 Å². The number of amides is 1. The average molecular weight is 417 g/mol. The molecule has 1 amide bonds. The SMILES string of the molecule is O=C(COc1ccc([N+](=O)[O-])cc1[N+](=O)[O-])Nc1cccc(SC(F)(F)F)c1. The zero-order valence-corrected chi connectivity index (χ0v) is 14.5. The molecule has 0 heterocycles. The summed E-state index contributed by atoms with van der Waals surface area (Å²) in [5.74, 6) is -1.16. The fourth-order valence-electron chi connectivity index (χ4n) is 2.00. The van der Waals surface area contributed by atoms with Gasteiger partial charge >= 0.3 is 11.2 Å². The monoisotopic (exact) mass is 417 g/mol. The number of thioether (sulfide) groups is 1. The lowest BCUT2D eigenvalue weighted by molar-refractivity contribution is -0.394. The molecule has 0 saturated carbocycles. The second-order valence-electron chi connectivity index (χ2n) is 5.08. The number of anilines is 1. The zero-order chi connectivity index (χ0) is 20.9. The number of non-ortho nitro benzene ring substituents is 1. The van der Waals surface area contributed by atoms with Gasteiger partial charge in [-0.2, -0.15) is 13.2 Å². The Labute approximate surface area is 158 Å². The Balaban J connectivity index is 2.04. The van der Waals surface area contributed by atoms with E-state index in [1.54, 1.807) is 0 Å². The van der Waals surface area contributed by atoms with Crippen LogP contribution in [0, 0.1) is 20.2 Å². The number of nitrogens with one attached hydrogen (secondary N) is 1. The maximum atomic E-state index is 12.4. The van der Waals surface area contributed by atoms with Gasteiger partial charge < -0.3 is 10.1 Å². The van der Waals surface area contributed by atoms with Crippen molar-refractivity contribution < 1.29 is 32.5 Å². The number of alkyl halides is 3. The Hall–Kier alpha value is -3.35. The summed E-state index contributed by atoms with van der Waals surface area (Å²) in [4.78, 5) is 31.7. The number of carbonyl (C=O) groups excluding carboxylic acids is 1. The number of benzene rings is 2. The van der Waals surface area contributed by atoms with Crippen molar-refractivity contribution in [3.63, 3.8) is 0 Å². The van der Waals surface area contributed by atoms with E-state index in [2.05, 4.69) is 5.32 Å². The van der Waals surface area contributed by atoms with Crippen LogP contribution in [0.5, 0.6) is 5.75 Å². The third-order valence-corrected chi connectivity index (χ3v) is 3.78. The molecule has 28 heavy (non-hydrogen) atoms. The van der Waals surface area contributed by atoms with E-state index in [4.69, 9.17) is 4.74 Å². The summed E-state index contributed by atoms with van der Waals surface area (Å²) >= 11 is -0.352. The number of hydrogen-bond donors (Lipinski definition) is 1. The fourth-order valence-corrected chi connectivity index (χ4v) is 2.60. The molecule has 0 fully saturated rings. The first kappa shape index (κ1) is 21.0. The Kier molecular flexibility index (Phi) is 6.41. The molecular formula is C15H10F3N3O6S. The third kappa shape index (κ3) is 6.12. The van der Waals surface area contributed by atoms with Gasteiger partial charge in [-0.3, -0.25) is 25.0 Å². The standard InChI is InChI=1S/C15H10F3N3O6S/c16-15(17,18)28-11-3-1-2-9(6-11)19-14(22)8-27-13-5-4-10(20(23)24)7-12(13)21(25)26/h1-7H,8H2,(H,19,22). The number of ether oxygens (including phenoxy) is 1. The lowest BCUT2D eigenvalue weighted by atomic mass is 10.2. The lowest BCUT2D eigenvalue weighted by Gasteiger charge is -2.10. The Morgan fingerprint density at radius 3 is 2.43 bits per heavy atom. The molecular weight excluding hydrogens is 407 g/mol. The predicted molar refractivity (Wildman–Crippen MR) is 92.2 cm³/mol. The summed E-state index contributed by atoms with van der Waals surface area (Å²) in [7, 11) is 0. The molecule has 2 rings (SSSR count). The minimum atomic E-state index is -4.49. The zero-order valence-electron chi connectivity index (χ0n) is 13.6. The molecule has 148 valence electrons. The second kappa shape index (κ2) is 8.56. The molecule has 0 radical (unpaired) electrons. The van der Waals surface area contributed by atoms with Crippen LogP contribution in [0.25, 0.3) is 0 Å². The number of nitrogens with zero attached hydrogens (tertiary/aromatic N) is 2. The Morgan fingerprint density at radius 1 is 1.11 bits per heavy atom. The first-order valence-electron chi connectivity index (χ1n) is 7.26. The van der Waals surface area contributed by atoms with Gasteiger partial charge in [0.05, 0.1) is 15.9 Å². The quantitative estimate of drug-likeness (QED) is 0.408. The van der Waals surface area contributed by atoms with Gasteiger partial charge in [0.15, 0.2) is 12.4 Å². The number of nitro groups is 2. The first-order valence-corrected chi connectivity index (χ1v) is 8.08. The van der Waals surface area contributed by atoms with E-state index in [0.717, 1.165) is 18.2 Å². The number of rotatable bonds is 7. The number of carbonyl (C=O) groups is 1. The number of halogens is 3. The summed E-state index contributed by atoms with van der Waals surface area (Å²) in [6.45, 7) is -0.699. The molecule has 2 aromatic rings. The van der Waals surface area contributed by atoms with Gasteiger partial charge in [0, 0.05) is 16.6 Å². The molecule has 0 aliphatic carbocycles.